The molecule has 7 nitrogen and oxygen atoms in total. The summed E-state index contributed by atoms with van der Waals surface area (Å²) in [4.78, 5) is 50.1. The molecule has 0 radical (unpaired) electrons. The first-order chi connectivity index (χ1) is 16.8. The number of unbranched alkanes of at least 4 members (excludes halogenated alkanes) is 2. The summed E-state index contributed by atoms with van der Waals surface area (Å²) in [5.74, 6) is -2.23. The Kier molecular flexibility index (Phi) is 14.0. The average molecular weight is 704 g/mol. The van der Waals surface area contributed by atoms with Gasteiger partial charge in [-0.3, -0.25) is 14.4 Å². The van der Waals surface area contributed by atoms with Gasteiger partial charge in [-0.15, -0.1) is 0 Å². The summed E-state index contributed by atoms with van der Waals surface area (Å²) in [5.41, 5.74) is -0.133. The standard InChI is InChI=1S/C21H33NO6S.C6H5.Hg/c1-7-8-9-10-14(23)11-15-17(24)22(18(15)29)16(13(2)3)19(25)27-12-28-20(26)21(4,5)6;1-2-4-6-5-3-1;/h15,18,29H,7-12H2,1-6H3;1-5H;/q;;+1/p-1/t15-,18-;;/m1../s1. The number of ketones is 1. The van der Waals surface area contributed by atoms with Crippen LogP contribution in [0.1, 0.15) is 73.6 Å². The molecule has 194 valence electrons. The van der Waals surface area contributed by atoms with Gasteiger partial charge in [-0.2, -0.15) is 0 Å². The Morgan fingerprint density at radius 3 is 2.11 bits per heavy atom. The molecule has 1 saturated heterocycles. The zero-order chi connectivity index (χ0) is 27.5. The van der Waals surface area contributed by atoms with Gasteiger partial charge >= 0.3 is 71.5 Å². The molecule has 0 saturated carbocycles. The van der Waals surface area contributed by atoms with Crippen LogP contribution < -0.4 is 3.07 Å². The van der Waals surface area contributed by atoms with Crippen molar-refractivity contribution in [2.45, 2.75) is 79.0 Å². The second-order valence-corrected chi connectivity index (χ2v) is 13.6. The molecular formula is C27H37HgNO6S. The molecule has 1 fully saturated rings. The van der Waals surface area contributed by atoms with Gasteiger partial charge in [-0.25, -0.2) is 4.79 Å². The Morgan fingerprint density at radius 1 is 1.06 bits per heavy atom. The predicted molar refractivity (Wildman–Crippen MR) is 136 cm³/mol. The molecule has 36 heavy (non-hydrogen) atoms. The van der Waals surface area contributed by atoms with E-state index >= 15 is 0 Å². The number of hydrogen-bond donors (Lipinski definition) is 0. The number of allylic oxidation sites excluding steroid dienone is 1. The SMILES string of the molecule is CCCCCC(=O)C[C@@H]1C(=O)N(C(C(=O)OCOC(=O)C(C)(C)C)=C(C)C)[C@@H]1[S-].[Hg+][c]1ccccc1. The van der Waals surface area contributed by atoms with Crippen LogP contribution in [0.15, 0.2) is 41.6 Å². The van der Waals surface area contributed by atoms with E-state index in [0.717, 1.165) is 45.4 Å². The fraction of sp³-hybridized carbons (Fsp3) is 0.556. The third-order valence-corrected chi connectivity index (χ3v) is 7.78. The molecule has 1 aromatic rings. The summed E-state index contributed by atoms with van der Waals surface area (Å²) in [5, 5.41) is -0.688. The van der Waals surface area contributed by atoms with Crippen molar-refractivity contribution in [3.05, 3.63) is 41.6 Å². The molecule has 0 aliphatic carbocycles. The Morgan fingerprint density at radius 2 is 1.67 bits per heavy atom. The molecule has 0 spiro atoms. The molecule has 0 bridgehead atoms. The van der Waals surface area contributed by atoms with Crippen LogP contribution in [0.3, 0.4) is 0 Å². The number of benzene rings is 1. The van der Waals surface area contributed by atoms with Crippen LogP contribution in [0.25, 0.3) is 0 Å². The molecule has 1 heterocycles. The Labute approximate surface area is 236 Å². The Balaban J connectivity index is 0.000000789. The summed E-state index contributed by atoms with van der Waals surface area (Å²) in [6, 6.07) is 10.6. The number of amides is 1. The van der Waals surface area contributed by atoms with Crippen molar-refractivity contribution in [1.29, 1.82) is 0 Å². The van der Waals surface area contributed by atoms with E-state index in [2.05, 4.69) is 37.3 Å². The summed E-state index contributed by atoms with van der Waals surface area (Å²) in [6.45, 7) is 9.89. The van der Waals surface area contributed by atoms with Crippen molar-refractivity contribution in [2.24, 2.45) is 11.3 Å². The van der Waals surface area contributed by atoms with E-state index in [-0.39, 0.29) is 23.8 Å². The summed E-state index contributed by atoms with van der Waals surface area (Å²) in [7, 11) is 0. The van der Waals surface area contributed by atoms with Gasteiger partial charge in [-0.05, 0) is 46.6 Å². The Hall–Kier alpha value is -1.67. The first kappa shape index (κ1) is 32.4. The van der Waals surface area contributed by atoms with Gasteiger partial charge < -0.3 is 27.0 Å². The van der Waals surface area contributed by atoms with Crippen LogP contribution >= 0.6 is 0 Å². The van der Waals surface area contributed by atoms with E-state index in [4.69, 9.17) is 22.1 Å². The number of hydrogen-bond acceptors (Lipinski definition) is 7. The van der Waals surface area contributed by atoms with E-state index in [1.165, 1.54) is 7.97 Å². The molecule has 0 N–H and O–H groups in total. The van der Waals surface area contributed by atoms with Crippen LogP contribution in [-0.4, -0.2) is 40.7 Å². The first-order valence-corrected chi connectivity index (χ1v) is 15.4. The molecule has 0 aromatic heterocycles. The van der Waals surface area contributed by atoms with E-state index in [1.807, 2.05) is 0 Å². The van der Waals surface area contributed by atoms with Gasteiger partial charge in [0.2, 0.25) is 12.7 Å². The molecular weight excluding hydrogens is 667 g/mol. The van der Waals surface area contributed by atoms with Gasteiger partial charge in [0.15, 0.2) is 0 Å². The molecule has 1 aliphatic heterocycles. The average Bonchev–Trinajstić information content (AvgIpc) is 2.80. The molecule has 0 unspecified atom stereocenters. The van der Waals surface area contributed by atoms with E-state index in [1.54, 1.807) is 34.6 Å². The van der Waals surface area contributed by atoms with Gasteiger partial charge in [-0.1, -0.05) is 25.1 Å². The summed E-state index contributed by atoms with van der Waals surface area (Å²) in [6.07, 6.45) is 3.34. The van der Waals surface area contributed by atoms with Crippen LogP contribution in [0.4, 0.5) is 0 Å². The third kappa shape index (κ3) is 10.4. The second kappa shape index (κ2) is 15.5. The number of carbonyl (C=O) groups is 4. The van der Waals surface area contributed by atoms with Crippen molar-refractivity contribution < 1.29 is 54.8 Å². The zero-order valence-electron chi connectivity index (χ0n) is 22.3. The van der Waals surface area contributed by atoms with Crippen molar-refractivity contribution in [1.82, 2.24) is 4.90 Å². The van der Waals surface area contributed by atoms with E-state index in [0.29, 0.717) is 12.0 Å². The van der Waals surface area contributed by atoms with Gasteiger partial charge in [0.1, 0.15) is 11.5 Å². The number of nitrogens with zero attached hydrogens (tertiary/aromatic N) is 1. The summed E-state index contributed by atoms with van der Waals surface area (Å²) < 4.78 is 11.5. The maximum absolute atomic E-state index is 12.6. The van der Waals surface area contributed by atoms with E-state index < -0.39 is 35.4 Å². The quantitative estimate of drug-likeness (QED) is 0.0690. The maximum atomic E-state index is 12.6. The normalized spacial score (nSPS) is 16.8. The van der Waals surface area contributed by atoms with Gasteiger partial charge in [0.05, 0.1) is 5.41 Å². The van der Waals surface area contributed by atoms with Crippen molar-refractivity contribution >= 4 is 39.3 Å². The number of ether oxygens (including phenoxy) is 2. The van der Waals surface area contributed by atoms with Crippen LogP contribution in [0, 0.1) is 11.3 Å². The van der Waals surface area contributed by atoms with Crippen LogP contribution in [0.5, 0.6) is 0 Å². The number of esters is 2. The van der Waals surface area contributed by atoms with E-state index in [9.17, 15) is 19.2 Å². The molecule has 2 atom stereocenters. The Bertz CT molecular complexity index is 937. The topological polar surface area (TPSA) is 90.0 Å². The van der Waals surface area contributed by atoms with Crippen LogP contribution in [-0.2, 0) is 67.4 Å². The zero-order valence-corrected chi connectivity index (χ0v) is 28.6. The van der Waals surface area contributed by atoms with Crippen molar-refractivity contribution in [2.75, 3.05) is 6.79 Å². The molecule has 1 aliphatic rings. The van der Waals surface area contributed by atoms with Crippen LogP contribution in [0.2, 0.25) is 0 Å². The number of β-lactam (4-membered cyclic amide) rings is 1. The van der Waals surface area contributed by atoms with Gasteiger partial charge in [0, 0.05) is 18.8 Å². The molecule has 9 heteroatoms. The van der Waals surface area contributed by atoms with Gasteiger partial charge in [0.25, 0.3) is 0 Å². The second-order valence-electron chi connectivity index (χ2n) is 9.97. The minimum atomic E-state index is -0.789. The van der Waals surface area contributed by atoms with Crippen molar-refractivity contribution in [3.8, 4) is 0 Å². The fourth-order valence-corrected chi connectivity index (χ4v) is 4.79. The number of Topliss-reactive ketones (excluding diaryl/α,β-unsaturated/α-hetero) is 1. The summed E-state index contributed by atoms with van der Waals surface area (Å²) >= 11 is 6.19. The molecule has 1 amide bonds. The predicted octanol–water partition coefficient (Wildman–Crippen LogP) is 4.10. The first-order valence-electron chi connectivity index (χ1n) is 12.2. The minimum absolute atomic E-state index is 0.0155. The molecule has 1 aromatic carbocycles. The third-order valence-electron chi connectivity index (χ3n) is 5.40. The molecule has 2 rings (SSSR count). The number of carbonyl (C=O) groups excluding carboxylic acids is 4. The number of rotatable bonds is 10. The monoisotopic (exact) mass is 705 g/mol. The fourth-order valence-electron chi connectivity index (χ4n) is 3.31. The number of likely N-dealkylation sites (tertiary alicyclic amines) is 1. The van der Waals surface area contributed by atoms with Crippen molar-refractivity contribution in [3.63, 3.8) is 0 Å².